The molecule has 0 aliphatic rings. The fourth-order valence-electron chi connectivity index (χ4n) is 1.46. The molecule has 2 aromatic rings. The van der Waals surface area contributed by atoms with Gasteiger partial charge < -0.3 is 5.32 Å². The molecule has 0 saturated carbocycles. The van der Waals surface area contributed by atoms with Gasteiger partial charge in [0.15, 0.2) is 5.82 Å². The van der Waals surface area contributed by atoms with Gasteiger partial charge in [0.25, 0.3) is 0 Å². The molecule has 1 amide bonds. The Morgan fingerprint density at radius 2 is 2.06 bits per heavy atom. The van der Waals surface area contributed by atoms with Gasteiger partial charge in [-0.25, -0.2) is 0 Å². The van der Waals surface area contributed by atoms with Gasteiger partial charge in [0.05, 0.1) is 6.42 Å². The zero-order chi connectivity index (χ0) is 12.3. The van der Waals surface area contributed by atoms with Gasteiger partial charge in [-0.2, -0.15) is 5.10 Å². The first kappa shape index (κ1) is 11.7. The topological polar surface area (TPSA) is 46.9 Å². The second kappa shape index (κ2) is 5.01. The minimum atomic E-state index is -0.0916. The number of hydrogen-bond donors (Lipinski definition) is 1. The van der Waals surface area contributed by atoms with Crippen LogP contribution in [0.3, 0.4) is 0 Å². The van der Waals surface area contributed by atoms with Crippen molar-refractivity contribution >= 4 is 23.3 Å². The van der Waals surface area contributed by atoms with Crippen molar-refractivity contribution in [2.24, 2.45) is 7.05 Å². The number of benzene rings is 1. The monoisotopic (exact) mass is 249 g/mol. The first-order valence-electron chi connectivity index (χ1n) is 5.17. The Morgan fingerprint density at radius 1 is 1.35 bits per heavy atom. The van der Waals surface area contributed by atoms with Crippen LogP contribution in [0, 0.1) is 0 Å². The molecule has 2 rings (SSSR count). The summed E-state index contributed by atoms with van der Waals surface area (Å²) < 4.78 is 1.64. The Kier molecular flexibility index (Phi) is 3.44. The molecule has 0 unspecified atom stereocenters. The molecule has 0 saturated heterocycles. The van der Waals surface area contributed by atoms with Gasteiger partial charge in [-0.15, -0.1) is 0 Å². The minimum Gasteiger partial charge on any atom is -0.309 e. The van der Waals surface area contributed by atoms with Crippen LogP contribution >= 0.6 is 11.6 Å². The molecular weight excluding hydrogens is 238 g/mol. The number of halogens is 1. The molecule has 88 valence electrons. The molecular formula is C12H12ClN3O. The van der Waals surface area contributed by atoms with Crippen LogP contribution in [0.15, 0.2) is 36.5 Å². The van der Waals surface area contributed by atoms with Crippen LogP contribution in [0.25, 0.3) is 0 Å². The van der Waals surface area contributed by atoms with E-state index in [1.165, 1.54) is 0 Å². The van der Waals surface area contributed by atoms with Gasteiger partial charge in [0.1, 0.15) is 0 Å². The first-order chi connectivity index (χ1) is 8.13. The summed E-state index contributed by atoms with van der Waals surface area (Å²) in [6.07, 6.45) is 2.09. The fourth-order valence-corrected chi connectivity index (χ4v) is 1.58. The molecule has 1 aromatic carbocycles. The predicted octanol–water partition coefficient (Wildman–Crippen LogP) is 2.25. The molecule has 5 heteroatoms. The van der Waals surface area contributed by atoms with Crippen molar-refractivity contribution in [3.8, 4) is 0 Å². The van der Waals surface area contributed by atoms with E-state index in [1.807, 2.05) is 12.1 Å². The average molecular weight is 250 g/mol. The predicted molar refractivity (Wildman–Crippen MR) is 67.0 cm³/mol. The molecule has 0 aliphatic carbocycles. The molecule has 0 radical (unpaired) electrons. The van der Waals surface area contributed by atoms with Crippen LogP contribution < -0.4 is 5.32 Å². The number of carbonyl (C=O) groups is 1. The van der Waals surface area contributed by atoms with Gasteiger partial charge in [-0.3, -0.25) is 9.48 Å². The summed E-state index contributed by atoms with van der Waals surface area (Å²) in [7, 11) is 1.80. The lowest BCUT2D eigenvalue weighted by molar-refractivity contribution is -0.115. The Labute approximate surface area is 104 Å². The molecule has 0 spiro atoms. The van der Waals surface area contributed by atoms with Gasteiger partial charge in [0.2, 0.25) is 5.91 Å². The van der Waals surface area contributed by atoms with Crippen LogP contribution in [-0.4, -0.2) is 15.7 Å². The SMILES string of the molecule is Cn1ccc(NC(=O)Cc2ccc(Cl)cc2)n1. The van der Waals surface area contributed by atoms with E-state index in [0.717, 1.165) is 5.56 Å². The zero-order valence-electron chi connectivity index (χ0n) is 9.35. The second-order valence-corrected chi connectivity index (χ2v) is 4.16. The minimum absolute atomic E-state index is 0.0916. The molecule has 1 N–H and O–H groups in total. The van der Waals surface area contributed by atoms with Gasteiger partial charge in [0, 0.05) is 24.3 Å². The lowest BCUT2D eigenvalue weighted by Gasteiger charge is -2.02. The van der Waals surface area contributed by atoms with E-state index in [4.69, 9.17) is 11.6 Å². The van der Waals surface area contributed by atoms with Gasteiger partial charge in [-0.05, 0) is 17.7 Å². The number of aromatic nitrogens is 2. The Morgan fingerprint density at radius 3 is 2.65 bits per heavy atom. The van der Waals surface area contributed by atoms with E-state index in [1.54, 1.807) is 36.1 Å². The summed E-state index contributed by atoms with van der Waals surface area (Å²) in [5.41, 5.74) is 0.919. The maximum absolute atomic E-state index is 11.7. The number of nitrogens with one attached hydrogen (secondary N) is 1. The molecule has 17 heavy (non-hydrogen) atoms. The highest BCUT2D eigenvalue weighted by Gasteiger charge is 2.05. The van der Waals surface area contributed by atoms with E-state index in [2.05, 4.69) is 10.4 Å². The largest absolute Gasteiger partial charge is 0.309 e. The van der Waals surface area contributed by atoms with Crippen molar-refractivity contribution < 1.29 is 4.79 Å². The number of carbonyl (C=O) groups excluding carboxylic acids is 1. The third-order valence-corrected chi connectivity index (χ3v) is 2.51. The molecule has 4 nitrogen and oxygen atoms in total. The Hall–Kier alpha value is -1.81. The van der Waals surface area contributed by atoms with Gasteiger partial charge in [-0.1, -0.05) is 23.7 Å². The van der Waals surface area contributed by atoms with Crippen LogP contribution in [0.5, 0.6) is 0 Å². The second-order valence-electron chi connectivity index (χ2n) is 3.73. The van der Waals surface area contributed by atoms with Crippen molar-refractivity contribution in [1.82, 2.24) is 9.78 Å². The van der Waals surface area contributed by atoms with E-state index >= 15 is 0 Å². The van der Waals surface area contributed by atoms with Crippen molar-refractivity contribution in [3.05, 3.63) is 47.1 Å². The molecule has 0 bridgehead atoms. The van der Waals surface area contributed by atoms with Crippen LogP contribution in [-0.2, 0) is 18.3 Å². The lowest BCUT2D eigenvalue weighted by Crippen LogP contribution is -2.14. The lowest BCUT2D eigenvalue weighted by atomic mass is 10.1. The van der Waals surface area contributed by atoms with E-state index in [9.17, 15) is 4.79 Å². The zero-order valence-corrected chi connectivity index (χ0v) is 10.1. The summed E-state index contributed by atoms with van der Waals surface area (Å²) in [5, 5.41) is 7.46. The van der Waals surface area contributed by atoms with Gasteiger partial charge >= 0.3 is 0 Å². The fraction of sp³-hybridized carbons (Fsp3) is 0.167. The first-order valence-corrected chi connectivity index (χ1v) is 5.55. The van der Waals surface area contributed by atoms with Crippen molar-refractivity contribution in [1.29, 1.82) is 0 Å². The number of anilines is 1. The average Bonchev–Trinajstić information content (AvgIpc) is 2.67. The summed E-state index contributed by atoms with van der Waals surface area (Å²) >= 11 is 5.77. The summed E-state index contributed by atoms with van der Waals surface area (Å²) in [6, 6.07) is 8.95. The van der Waals surface area contributed by atoms with Crippen molar-refractivity contribution in [2.45, 2.75) is 6.42 Å². The van der Waals surface area contributed by atoms with E-state index < -0.39 is 0 Å². The smallest absolute Gasteiger partial charge is 0.229 e. The quantitative estimate of drug-likeness (QED) is 0.907. The molecule has 1 heterocycles. The number of rotatable bonds is 3. The Bertz CT molecular complexity index is 519. The number of nitrogens with zero attached hydrogens (tertiary/aromatic N) is 2. The highest BCUT2D eigenvalue weighted by Crippen LogP contribution is 2.10. The number of hydrogen-bond acceptors (Lipinski definition) is 2. The number of aryl methyl sites for hydroxylation is 1. The maximum Gasteiger partial charge on any atom is 0.229 e. The molecule has 0 atom stereocenters. The van der Waals surface area contributed by atoms with Crippen LogP contribution in [0.4, 0.5) is 5.82 Å². The van der Waals surface area contributed by atoms with Crippen molar-refractivity contribution in [2.75, 3.05) is 5.32 Å². The molecule has 0 fully saturated rings. The maximum atomic E-state index is 11.7. The summed E-state index contributed by atoms with van der Waals surface area (Å²) in [5.74, 6) is 0.470. The summed E-state index contributed by atoms with van der Waals surface area (Å²) in [6.45, 7) is 0. The van der Waals surface area contributed by atoms with Crippen LogP contribution in [0.2, 0.25) is 5.02 Å². The van der Waals surface area contributed by atoms with Crippen LogP contribution in [0.1, 0.15) is 5.56 Å². The molecule has 1 aromatic heterocycles. The third-order valence-electron chi connectivity index (χ3n) is 2.26. The normalized spacial score (nSPS) is 10.2. The standard InChI is InChI=1S/C12H12ClN3O/c1-16-7-6-11(15-16)14-12(17)8-9-2-4-10(13)5-3-9/h2-7H,8H2,1H3,(H,14,15,17). The highest BCUT2D eigenvalue weighted by atomic mass is 35.5. The van der Waals surface area contributed by atoms with E-state index in [-0.39, 0.29) is 5.91 Å². The number of amides is 1. The molecule has 0 aliphatic heterocycles. The Balaban J connectivity index is 1.95. The third kappa shape index (κ3) is 3.32. The highest BCUT2D eigenvalue weighted by molar-refractivity contribution is 6.30. The van der Waals surface area contributed by atoms with E-state index in [0.29, 0.717) is 17.3 Å². The van der Waals surface area contributed by atoms with Crippen molar-refractivity contribution in [3.63, 3.8) is 0 Å². The summed E-state index contributed by atoms with van der Waals surface area (Å²) in [4.78, 5) is 11.7.